The van der Waals surface area contributed by atoms with Crippen LogP contribution in [-0.2, 0) is 9.53 Å². The van der Waals surface area contributed by atoms with Crippen molar-refractivity contribution < 1.29 is 9.53 Å². The van der Waals surface area contributed by atoms with Crippen molar-refractivity contribution in [1.29, 1.82) is 0 Å². The number of hydrogen-bond donors (Lipinski definition) is 0. The molecule has 0 N–H and O–H groups in total. The summed E-state index contributed by atoms with van der Waals surface area (Å²) in [7, 11) is -1.51. The molecule has 0 amide bonds. The molecule has 21 heavy (non-hydrogen) atoms. The second kappa shape index (κ2) is 8.43. The molecule has 0 aliphatic heterocycles. The first-order valence-electron chi connectivity index (χ1n) is 7.28. The van der Waals surface area contributed by atoms with Gasteiger partial charge in [-0.05, 0) is 49.0 Å². The van der Waals surface area contributed by atoms with E-state index in [0.29, 0.717) is 6.42 Å². The van der Waals surface area contributed by atoms with E-state index in [-0.39, 0.29) is 11.4 Å². The Morgan fingerprint density at radius 1 is 1.33 bits per heavy atom. The third kappa shape index (κ3) is 7.56. The predicted octanol–water partition coefficient (Wildman–Crippen LogP) is 5.46. The van der Waals surface area contributed by atoms with Gasteiger partial charge in [-0.2, -0.15) is 0 Å². The number of allylic oxidation sites excluding steroid dienone is 2. The van der Waals surface area contributed by atoms with E-state index in [0.717, 1.165) is 5.57 Å². The quantitative estimate of drug-likeness (QED) is 0.237. The van der Waals surface area contributed by atoms with Gasteiger partial charge in [0.1, 0.15) is 6.10 Å². The molecule has 0 spiro atoms. The smallest absolute Gasteiger partial charge is 0.188 e. The first-order valence-corrected chi connectivity index (χ1v) is 11.9. The van der Waals surface area contributed by atoms with Crippen LogP contribution in [0.25, 0.3) is 0 Å². The van der Waals surface area contributed by atoms with Crippen LogP contribution in [0.3, 0.4) is 0 Å². The molecule has 0 aromatic rings. The van der Waals surface area contributed by atoms with Crippen LogP contribution >= 0.6 is 22.6 Å². The zero-order chi connectivity index (χ0) is 16.8. The summed E-state index contributed by atoms with van der Waals surface area (Å²) in [5.74, 6) is 0.0108. The van der Waals surface area contributed by atoms with E-state index in [1.54, 1.807) is 12.2 Å². The van der Waals surface area contributed by atoms with Crippen LogP contribution in [0.4, 0.5) is 0 Å². The molecule has 1 unspecified atom stereocenters. The first-order chi connectivity index (χ1) is 9.44. The molecule has 120 valence electrons. The van der Waals surface area contributed by atoms with Crippen LogP contribution < -0.4 is 0 Å². The summed E-state index contributed by atoms with van der Waals surface area (Å²) in [4.78, 5) is 12.5. The Hall–Kier alpha value is -0.203. The maximum atomic E-state index is 12.5. The first kappa shape index (κ1) is 20.8. The van der Waals surface area contributed by atoms with Crippen molar-refractivity contribution in [2.75, 3.05) is 0 Å². The molecule has 0 aromatic heterocycles. The summed E-state index contributed by atoms with van der Waals surface area (Å²) in [6, 6.07) is 0. The van der Waals surface area contributed by atoms with Crippen LogP contribution in [0, 0.1) is 0 Å². The lowest BCUT2D eigenvalue weighted by Crippen LogP contribution is -2.36. The lowest BCUT2D eigenvalue weighted by atomic mass is 10.0. The van der Waals surface area contributed by atoms with Gasteiger partial charge in [0.15, 0.2) is 5.78 Å². The van der Waals surface area contributed by atoms with Gasteiger partial charge in [0.05, 0.1) is 13.7 Å². The number of carbonyl (C=O) groups is 1. The van der Waals surface area contributed by atoms with Gasteiger partial charge in [0.25, 0.3) is 0 Å². The summed E-state index contributed by atoms with van der Waals surface area (Å²) in [6.45, 7) is 18.5. The highest BCUT2D eigenvalue weighted by Crippen LogP contribution is 2.32. The van der Waals surface area contributed by atoms with Crippen LogP contribution in [0.5, 0.6) is 0 Å². The molecule has 0 fully saturated rings. The Kier molecular flexibility index (Phi) is 8.35. The van der Waals surface area contributed by atoms with Gasteiger partial charge < -0.3 is 4.74 Å². The van der Waals surface area contributed by atoms with Crippen LogP contribution in [0.15, 0.2) is 33.6 Å². The highest BCUT2D eigenvalue weighted by Gasteiger charge is 2.31. The molecule has 0 aliphatic carbocycles. The van der Waals surface area contributed by atoms with Crippen molar-refractivity contribution in [3.63, 3.8) is 0 Å². The van der Waals surface area contributed by atoms with Crippen molar-refractivity contribution in [3.05, 3.63) is 33.6 Å². The molecule has 4 heteroatoms. The minimum Gasteiger partial charge on any atom is -0.360 e. The minimum atomic E-state index is -1.51. The van der Waals surface area contributed by atoms with E-state index in [1.165, 1.54) is 3.20 Å². The average molecular weight is 420 g/mol. The maximum absolute atomic E-state index is 12.5. The fraction of sp³-hybridized carbons (Fsp3) is 0.588. The molecule has 0 rings (SSSR count). The van der Waals surface area contributed by atoms with E-state index in [2.05, 4.69) is 48.8 Å². The Labute approximate surface area is 144 Å². The Morgan fingerprint density at radius 3 is 2.19 bits per heavy atom. The number of rotatable bonds is 7. The molecule has 0 aromatic carbocycles. The predicted molar refractivity (Wildman–Crippen MR) is 104 cm³/mol. The zero-order valence-electron chi connectivity index (χ0n) is 14.4. The zero-order valence-corrected chi connectivity index (χ0v) is 17.6. The van der Waals surface area contributed by atoms with E-state index in [4.69, 9.17) is 4.74 Å². The molecule has 0 bridgehead atoms. The van der Waals surface area contributed by atoms with E-state index >= 15 is 0 Å². The molecule has 0 aliphatic rings. The number of ketones is 1. The Balaban J connectivity index is 5.92. The number of halogens is 1. The lowest BCUT2D eigenvalue weighted by Gasteiger charge is -2.30. The van der Waals surface area contributed by atoms with Gasteiger partial charge in [-0.25, -0.2) is 0 Å². The summed E-state index contributed by atoms with van der Waals surface area (Å²) < 4.78 is 7.39. The third-order valence-electron chi connectivity index (χ3n) is 2.68. The number of ether oxygens (including phenoxy) is 1. The molecule has 0 saturated carbocycles. The van der Waals surface area contributed by atoms with Crippen LogP contribution in [-0.4, -0.2) is 25.6 Å². The topological polar surface area (TPSA) is 26.3 Å². The van der Waals surface area contributed by atoms with Crippen LogP contribution in [0.1, 0.15) is 34.1 Å². The number of carbonyl (C=O) groups excluding carboxylic acids is 1. The van der Waals surface area contributed by atoms with Gasteiger partial charge in [0, 0.05) is 0 Å². The molecule has 1 atom stereocenters. The van der Waals surface area contributed by atoms with E-state index in [1.807, 2.05) is 33.8 Å². The monoisotopic (exact) mass is 420 g/mol. The van der Waals surface area contributed by atoms with E-state index in [9.17, 15) is 4.79 Å². The SMILES string of the molecule is C=CC/C(=C(/I)[Si](C)(C)C)C(OC(C)(C)C)C(=O)/C=C/C. The lowest BCUT2D eigenvalue weighted by molar-refractivity contribution is -0.131. The van der Waals surface area contributed by atoms with Gasteiger partial charge >= 0.3 is 0 Å². The molecule has 2 nitrogen and oxygen atoms in total. The van der Waals surface area contributed by atoms with Crippen LogP contribution in [0.2, 0.25) is 19.6 Å². The van der Waals surface area contributed by atoms with Crippen molar-refractivity contribution in [2.24, 2.45) is 0 Å². The second-order valence-electron chi connectivity index (χ2n) is 7.09. The summed E-state index contributed by atoms with van der Waals surface area (Å²) in [6.07, 6.45) is 5.41. The second-order valence-corrected chi connectivity index (χ2v) is 14.2. The number of hydrogen-bond acceptors (Lipinski definition) is 2. The van der Waals surface area contributed by atoms with Crippen molar-refractivity contribution >= 4 is 36.4 Å². The van der Waals surface area contributed by atoms with Crippen molar-refractivity contribution in [2.45, 2.75) is 65.5 Å². The van der Waals surface area contributed by atoms with Crippen molar-refractivity contribution in [3.8, 4) is 0 Å². The molecule has 0 saturated heterocycles. The van der Waals surface area contributed by atoms with Gasteiger partial charge in [-0.3, -0.25) is 4.79 Å². The summed E-state index contributed by atoms with van der Waals surface area (Å²) >= 11 is 2.40. The molecular formula is C17H29IO2Si. The average Bonchev–Trinajstić information content (AvgIpc) is 2.30. The van der Waals surface area contributed by atoms with Gasteiger partial charge in [-0.15, -0.1) is 6.58 Å². The van der Waals surface area contributed by atoms with Gasteiger partial charge in [-0.1, -0.05) is 54.4 Å². The molecule has 0 heterocycles. The maximum Gasteiger partial charge on any atom is 0.188 e. The fourth-order valence-electron chi connectivity index (χ4n) is 1.86. The highest BCUT2D eigenvalue weighted by molar-refractivity contribution is 14.1. The highest BCUT2D eigenvalue weighted by atomic mass is 127. The molecule has 0 radical (unpaired) electrons. The standard InChI is InChI=1S/C17H29IO2Si/c1-9-11-13(16(18)21(6,7)8)15(14(19)12-10-2)20-17(3,4)5/h9-10,12,15H,1,11H2,2-8H3/b12-10+,16-13+. The van der Waals surface area contributed by atoms with E-state index < -0.39 is 14.2 Å². The third-order valence-corrected chi connectivity index (χ3v) is 9.87. The fourth-order valence-corrected chi connectivity index (χ4v) is 3.55. The summed E-state index contributed by atoms with van der Waals surface area (Å²) in [5, 5.41) is 0. The Morgan fingerprint density at radius 2 is 1.86 bits per heavy atom. The molecular weight excluding hydrogens is 391 g/mol. The summed E-state index contributed by atoms with van der Waals surface area (Å²) in [5.41, 5.74) is 0.702. The van der Waals surface area contributed by atoms with Crippen molar-refractivity contribution in [1.82, 2.24) is 0 Å². The Bertz CT molecular complexity index is 437. The minimum absolute atomic E-state index is 0.0108. The normalized spacial score (nSPS) is 15.8. The largest absolute Gasteiger partial charge is 0.360 e. The van der Waals surface area contributed by atoms with Gasteiger partial charge in [0.2, 0.25) is 0 Å².